The fourth-order valence-corrected chi connectivity index (χ4v) is 2.17. The highest BCUT2D eigenvalue weighted by Gasteiger charge is 2.33. The van der Waals surface area contributed by atoms with Crippen LogP contribution < -0.4 is 10.6 Å². The highest BCUT2D eigenvalue weighted by atomic mass is 19.4. The first-order chi connectivity index (χ1) is 10.8. The number of hydrogen-bond acceptors (Lipinski definition) is 5. The first-order valence-corrected chi connectivity index (χ1v) is 7.21. The summed E-state index contributed by atoms with van der Waals surface area (Å²) in [7, 11) is 1.44. The number of rotatable bonds is 4. The number of nitrogens with zero attached hydrogens (tertiary/aromatic N) is 3. The zero-order valence-electron chi connectivity index (χ0n) is 13.1. The Balaban J connectivity index is 0.000000322. The monoisotopic (exact) mass is 334 g/mol. The predicted octanol–water partition coefficient (Wildman–Crippen LogP) is 3.44. The minimum absolute atomic E-state index is 0.213. The maximum Gasteiger partial charge on any atom is 0.418 e. The lowest BCUT2D eigenvalue weighted by Gasteiger charge is -2.20. The summed E-state index contributed by atoms with van der Waals surface area (Å²) in [6.45, 7) is 3.90. The zero-order chi connectivity index (χ0) is 17.5. The molecule has 0 aromatic heterocycles. The van der Waals surface area contributed by atoms with Crippen molar-refractivity contribution in [2.45, 2.75) is 25.9 Å². The Labute approximate surface area is 132 Å². The summed E-state index contributed by atoms with van der Waals surface area (Å²) in [5, 5.41) is 3.31. The van der Waals surface area contributed by atoms with Crippen LogP contribution in [0.2, 0.25) is 0 Å². The summed E-state index contributed by atoms with van der Waals surface area (Å²) < 4.78 is 37.9. The van der Waals surface area contributed by atoms with Gasteiger partial charge in [0, 0.05) is 24.5 Å². The van der Waals surface area contributed by atoms with Crippen LogP contribution in [0, 0.1) is 4.91 Å². The first kappa shape index (κ1) is 19.0. The standard InChI is InChI=1S/C11H13F3N2.C3H8N2O2/c12-11(13,14)9-7-8(3-4-10(9)15)16-5-1-2-6-16;1-3-7-5(2)4-6/h3-4,7H,1-2,5-6,15H2;3H2,1-2H3. The van der Waals surface area contributed by atoms with Crippen LogP contribution in [0.1, 0.15) is 25.3 Å². The average Bonchev–Trinajstić information content (AvgIpc) is 3.01. The third-order valence-corrected chi connectivity index (χ3v) is 3.24. The number of nitrogens with two attached hydrogens (primary N) is 1. The number of nitrogen functional groups attached to an aromatic ring is 1. The molecule has 130 valence electrons. The number of alkyl halides is 3. The van der Waals surface area contributed by atoms with Crippen LogP contribution in [0.5, 0.6) is 0 Å². The minimum Gasteiger partial charge on any atom is -0.398 e. The van der Waals surface area contributed by atoms with Crippen molar-refractivity contribution < 1.29 is 18.0 Å². The molecule has 1 aliphatic rings. The summed E-state index contributed by atoms with van der Waals surface area (Å²) in [4.78, 5) is 15.9. The molecule has 2 rings (SSSR count). The second kappa shape index (κ2) is 8.56. The molecule has 0 radical (unpaired) electrons. The maximum atomic E-state index is 12.6. The Hall–Kier alpha value is -2.03. The van der Waals surface area contributed by atoms with Gasteiger partial charge in [-0.25, -0.2) is 0 Å². The lowest BCUT2D eigenvalue weighted by atomic mass is 10.1. The van der Waals surface area contributed by atoms with Crippen molar-refractivity contribution in [1.82, 2.24) is 5.17 Å². The lowest BCUT2D eigenvalue weighted by molar-refractivity contribution is -0.136. The molecule has 1 heterocycles. The van der Waals surface area contributed by atoms with Gasteiger partial charge in [-0.15, -0.1) is 10.1 Å². The third-order valence-electron chi connectivity index (χ3n) is 3.24. The van der Waals surface area contributed by atoms with Crippen LogP contribution in [0.4, 0.5) is 24.5 Å². The van der Waals surface area contributed by atoms with E-state index in [4.69, 9.17) is 5.73 Å². The maximum absolute atomic E-state index is 12.6. The van der Waals surface area contributed by atoms with Crippen molar-refractivity contribution >= 4 is 11.4 Å². The summed E-state index contributed by atoms with van der Waals surface area (Å²) in [6, 6.07) is 4.12. The van der Waals surface area contributed by atoms with Gasteiger partial charge in [0.05, 0.1) is 24.5 Å². The van der Waals surface area contributed by atoms with Crippen molar-refractivity contribution in [3.63, 3.8) is 0 Å². The van der Waals surface area contributed by atoms with E-state index in [1.54, 1.807) is 13.0 Å². The van der Waals surface area contributed by atoms with Gasteiger partial charge in [-0.05, 0) is 38.0 Å². The predicted molar refractivity (Wildman–Crippen MR) is 82.5 cm³/mol. The molecule has 1 aromatic rings. The third kappa shape index (κ3) is 5.93. The fourth-order valence-electron chi connectivity index (χ4n) is 2.17. The number of hydroxylamine groups is 1. The van der Waals surface area contributed by atoms with Crippen LogP contribution >= 0.6 is 0 Å². The van der Waals surface area contributed by atoms with Gasteiger partial charge in [0.2, 0.25) is 0 Å². The number of hydrogen-bond donors (Lipinski definition) is 1. The molecule has 6 nitrogen and oxygen atoms in total. The summed E-state index contributed by atoms with van der Waals surface area (Å²) in [6.07, 6.45) is -2.31. The van der Waals surface area contributed by atoms with Crippen LogP contribution in [0.25, 0.3) is 0 Å². The van der Waals surface area contributed by atoms with Crippen molar-refractivity contribution in [1.29, 1.82) is 0 Å². The van der Waals surface area contributed by atoms with Gasteiger partial charge in [-0.2, -0.15) is 13.2 Å². The zero-order valence-corrected chi connectivity index (χ0v) is 13.1. The van der Waals surface area contributed by atoms with E-state index in [-0.39, 0.29) is 5.69 Å². The molecule has 23 heavy (non-hydrogen) atoms. The van der Waals surface area contributed by atoms with E-state index in [0.717, 1.165) is 37.2 Å². The molecule has 0 aliphatic carbocycles. The van der Waals surface area contributed by atoms with Crippen LogP contribution in [-0.2, 0) is 11.0 Å². The Kier molecular flexibility index (Phi) is 7.08. The lowest BCUT2D eigenvalue weighted by Crippen LogP contribution is -2.19. The number of anilines is 2. The summed E-state index contributed by atoms with van der Waals surface area (Å²) in [5.41, 5.74) is 4.99. The normalized spacial score (nSPS) is 14.2. The highest BCUT2D eigenvalue weighted by molar-refractivity contribution is 5.59. The molecular formula is C14H21F3N4O2. The summed E-state index contributed by atoms with van der Waals surface area (Å²) in [5.74, 6) is 0. The van der Waals surface area contributed by atoms with Gasteiger partial charge in [0.15, 0.2) is 0 Å². The van der Waals surface area contributed by atoms with Gasteiger partial charge in [0.25, 0.3) is 0 Å². The average molecular weight is 334 g/mol. The number of benzene rings is 1. The smallest absolute Gasteiger partial charge is 0.398 e. The van der Waals surface area contributed by atoms with Gasteiger partial charge < -0.3 is 10.6 Å². The van der Waals surface area contributed by atoms with Crippen molar-refractivity contribution in [3.8, 4) is 0 Å². The van der Waals surface area contributed by atoms with E-state index < -0.39 is 11.7 Å². The highest BCUT2D eigenvalue weighted by Crippen LogP contribution is 2.36. The van der Waals surface area contributed by atoms with Crippen molar-refractivity contribution in [2.24, 2.45) is 5.29 Å². The molecule has 0 atom stereocenters. The Morgan fingerprint density at radius 1 is 1.35 bits per heavy atom. The molecule has 1 aromatic carbocycles. The molecule has 0 saturated carbocycles. The second-order valence-electron chi connectivity index (χ2n) is 4.93. The van der Waals surface area contributed by atoms with Gasteiger partial charge >= 0.3 is 6.18 Å². The van der Waals surface area contributed by atoms with Gasteiger partial charge in [-0.1, -0.05) is 0 Å². The number of nitroso groups, excluding NO2 is 1. The van der Waals surface area contributed by atoms with E-state index in [0.29, 0.717) is 12.3 Å². The molecule has 0 bridgehead atoms. The van der Waals surface area contributed by atoms with Gasteiger partial charge in [-0.3, -0.25) is 4.84 Å². The van der Waals surface area contributed by atoms with E-state index in [2.05, 4.69) is 10.1 Å². The molecule has 0 unspecified atom stereocenters. The molecule has 1 saturated heterocycles. The van der Waals surface area contributed by atoms with Crippen LogP contribution in [0.3, 0.4) is 0 Å². The van der Waals surface area contributed by atoms with E-state index in [1.165, 1.54) is 13.1 Å². The molecule has 1 aliphatic heterocycles. The SMILES string of the molecule is CCON(C)N=O.Nc1ccc(N2CCCC2)cc1C(F)(F)F. The quantitative estimate of drug-likeness (QED) is 0.519. The molecular weight excluding hydrogens is 313 g/mol. The Morgan fingerprint density at radius 3 is 2.39 bits per heavy atom. The van der Waals surface area contributed by atoms with Crippen LogP contribution in [0.15, 0.2) is 23.5 Å². The van der Waals surface area contributed by atoms with Crippen molar-refractivity contribution in [2.75, 3.05) is 37.4 Å². The first-order valence-electron chi connectivity index (χ1n) is 7.21. The van der Waals surface area contributed by atoms with E-state index in [1.807, 2.05) is 4.90 Å². The molecule has 1 fully saturated rings. The van der Waals surface area contributed by atoms with E-state index in [9.17, 15) is 18.1 Å². The summed E-state index contributed by atoms with van der Waals surface area (Å²) >= 11 is 0. The largest absolute Gasteiger partial charge is 0.418 e. The molecule has 0 spiro atoms. The molecule has 2 N–H and O–H groups in total. The molecule has 0 amide bonds. The van der Waals surface area contributed by atoms with Gasteiger partial charge in [0.1, 0.15) is 0 Å². The van der Waals surface area contributed by atoms with Crippen LogP contribution in [-0.4, -0.2) is 31.9 Å². The fraction of sp³-hybridized carbons (Fsp3) is 0.571. The second-order valence-corrected chi connectivity index (χ2v) is 4.93. The molecule has 9 heteroatoms. The van der Waals surface area contributed by atoms with E-state index >= 15 is 0 Å². The number of halogens is 3. The van der Waals surface area contributed by atoms with Crippen molar-refractivity contribution in [3.05, 3.63) is 28.7 Å². The Morgan fingerprint density at radius 2 is 1.96 bits per heavy atom. The Bertz CT molecular complexity index is 505. The topological polar surface area (TPSA) is 71.2 Å². The minimum atomic E-state index is -4.38.